The quantitative estimate of drug-likeness (QED) is 0.377. The van der Waals surface area contributed by atoms with Gasteiger partial charge in [0.2, 0.25) is 0 Å². The van der Waals surface area contributed by atoms with Crippen molar-refractivity contribution in [2.24, 2.45) is 0 Å². The zero-order valence-corrected chi connectivity index (χ0v) is 14.3. The lowest BCUT2D eigenvalue weighted by atomic mass is 10.4. The summed E-state index contributed by atoms with van der Waals surface area (Å²) < 4.78 is 5.10. The maximum absolute atomic E-state index is 10.7. The third kappa shape index (κ3) is 3.25. The number of rotatable bonds is 7. The molecule has 0 atom stereocenters. The van der Waals surface area contributed by atoms with E-state index in [0.29, 0.717) is 13.1 Å². The third-order valence-corrected chi connectivity index (χ3v) is 8.60. The van der Waals surface area contributed by atoms with Crippen LogP contribution in [0.1, 0.15) is 0 Å². The molecule has 3 heteroatoms. The minimum atomic E-state index is -1.87. The van der Waals surface area contributed by atoms with E-state index in [1.165, 1.54) is 15.9 Å². The first-order chi connectivity index (χ1) is 11.9. The molecule has 120 valence electrons. The molecule has 3 rings (SSSR count). The van der Waals surface area contributed by atoms with Crippen molar-refractivity contribution in [1.29, 1.82) is 0 Å². The Morgan fingerprint density at radius 3 is 1.38 bits per heavy atom. The highest BCUT2D eigenvalue weighted by atomic mass is 31.2. The topological polar surface area (TPSA) is 26.3 Å². The SMILES string of the molecule is O=COCC[P+](c1ccccc1)(c1ccccc1)c1ccccc1. The summed E-state index contributed by atoms with van der Waals surface area (Å²) in [6, 6.07) is 31.7. The van der Waals surface area contributed by atoms with Crippen LogP contribution in [0.15, 0.2) is 91.0 Å². The van der Waals surface area contributed by atoms with Gasteiger partial charge in [0.25, 0.3) is 6.47 Å². The van der Waals surface area contributed by atoms with Gasteiger partial charge in [-0.05, 0) is 36.4 Å². The summed E-state index contributed by atoms with van der Waals surface area (Å²) in [4.78, 5) is 10.7. The van der Waals surface area contributed by atoms with Crippen molar-refractivity contribution in [3.63, 3.8) is 0 Å². The average Bonchev–Trinajstić information content (AvgIpc) is 2.68. The number of ether oxygens (including phenoxy) is 1. The fourth-order valence-corrected chi connectivity index (χ4v) is 7.21. The van der Waals surface area contributed by atoms with Gasteiger partial charge in [-0.1, -0.05) is 54.6 Å². The summed E-state index contributed by atoms with van der Waals surface area (Å²) in [5.74, 6) is 0. The Hall–Kier alpha value is -2.44. The molecule has 0 heterocycles. The van der Waals surface area contributed by atoms with Crippen molar-refractivity contribution in [3.05, 3.63) is 91.0 Å². The molecule has 0 aliphatic heterocycles. The van der Waals surface area contributed by atoms with Crippen molar-refractivity contribution in [2.45, 2.75) is 0 Å². The van der Waals surface area contributed by atoms with Crippen LogP contribution in [0.3, 0.4) is 0 Å². The van der Waals surface area contributed by atoms with Gasteiger partial charge in [0, 0.05) is 0 Å². The molecule has 0 N–H and O–H groups in total. The molecule has 0 radical (unpaired) electrons. The van der Waals surface area contributed by atoms with Gasteiger partial charge in [-0.3, -0.25) is 4.79 Å². The van der Waals surface area contributed by atoms with Crippen molar-refractivity contribution in [2.75, 3.05) is 12.8 Å². The Morgan fingerprint density at radius 2 is 1.04 bits per heavy atom. The number of carbonyl (C=O) groups is 1. The largest absolute Gasteiger partial charge is 0.464 e. The van der Waals surface area contributed by atoms with E-state index in [9.17, 15) is 4.79 Å². The van der Waals surface area contributed by atoms with E-state index in [1.807, 2.05) is 18.2 Å². The lowest BCUT2D eigenvalue weighted by Crippen LogP contribution is -2.34. The summed E-state index contributed by atoms with van der Waals surface area (Å²) in [7, 11) is -1.87. The van der Waals surface area contributed by atoms with Crippen LogP contribution in [-0.2, 0) is 9.53 Å². The van der Waals surface area contributed by atoms with E-state index < -0.39 is 7.26 Å². The third-order valence-electron chi connectivity index (χ3n) is 4.20. The van der Waals surface area contributed by atoms with Crippen LogP contribution < -0.4 is 15.9 Å². The summed E-state index contributed by atoms with van der Waals surface area (Å²) in [5, 5.41) is 3.91. The van der Waals surface area contributed by atoms with E-state index in [1.54, 1.807) is 0 Å². The van der Waals surface area contributed by atoms with Gasteiger partial charge in [0.15, 0.2) is 0 Å². The monoisotopic (exact) mass is 335 g/mol. The standard InChI is InChI=1S/C21H20O2P/c22-18-23-16-17-24(19-10-4-1-5-11-19,20-12-6-2-7-13-20)21-14-8-3-9-15-21/h1-15,18H,16-17H2/q+1. The summed E-state index contributed by atoms with van der Waals surface area (Å²) in [6.07, 6.45) is 0.795. The predicted molar refractivity (Wildman–Crippen MR) is 102 cm³/mol. The second kappa shape index (κ2) is 7.90. The normalized spacial score (nSPS) is 11.0. The summed E-state index contributed by atoms with van der Waals surface area (Å²) >= 11 is 0. The van der Waals surface area contributed by atoms with Crippen molar-refractivity contribution in [1.82, 2.24) is 0 Å². The average molecular weight is 335 g/mol. The molecule has 0 saturated carbocycles. The van der Waals surface area contributed by atoms with E-state index in [-0.39, 0.29) is 0 Å². The predicted octanol–water partition coefficient (Wildman–Crippen LogP) is 3.15. The Kier molecular flexibility index (Phi) is 5.40. The van der Waals surface area contributed by atoms with E-state index >= 15 is 0 Å². The van der Waals surface area contributed by atoms with E-state index in [0.717, 1.165) is 6.16 Å². The van der Waals surface area contributed by atoms with Crippen molar-refractivity contribution < 1.29 is 9.53 Å². The molecule has 0 aromatic heterocycles. The molecule has 0 aliphatic rings. The van der Waals surface area contributed by atoms with Gasteiger partial charge in [-0.2, -0.15) is 0 Å². The van der Waals surface area contributed by atoms with Gasteiger partial charge >= 0.3 is 0 Å². The van der Waals surface area contributed by atoms with Crippen LogP contribution in [0.2, 0.25) is 0 Å². The van der Waals surface area contributed by atoms with Crippen LogP contribution in [0.25, 0.3) is 0 Å². The van der Waals surface area contributed by atoms with Crippen molar-refractivity contribution in [3.8, 4) is 0 Å². The number of benzene rings is 3. The minimum Gasteiger partial charge on any atom is -0.464 e. The lowest BCUT2D eigenvalue weighted by molar-refractivity contribution is -0.128. The number of carbonyl (C=O) groups excluding carboxylic acids is 1. The first-order valence-corrected chi connectivity index (χ1v) is 9.95. The molecule has 0 amide bonds. The smallest absolute Gasteiger partial charge is 0.293 e. The van der Waals surface area contributed by atoms with Crippen molar-refractivity contribution >= 4 is 29.6 Å². The lowest BCUT2D eigenvalue weighted by Gasteiger charge is -2.27. The van der Waals surface area contributed by atoms with Crippen LogP contribution in [0.5, 0.6) is 0 Å². The first-order valence-electron chi connectivity index (χ1n) is 7.98. The summed E-state index contributed by atoms with van der Waals surface area (Å²) in [6.45, 7) is 0.950. The Bertz CT molecular complexity index is 661. The minimum absolute atomic E-state index is 0.413. The Morgan fingerprint density at radius 1 is 0.667 bits per heavy atom. The van der Waals surface area contributed by atoms with Crippen LogP contribution in [0.4, 0.5) is 0 Å². The Labute approximate surface area is 143 Å². The maximum Gasteiger partial charge on any atom is 0.293 e. The molecule has 0 saturated heterocycles. The number of hydrogen-bond donors (Lipinski definition) is 0. The fraction of sp³-hybridized carbons (Fsp3) is 0.0952. The Balaban J connectivity index is 2.22. The molecule has 3 aromatic rings. The van der Waals surface area contributed by atoms with Gasteiger partial charge in [-0.25, -0.2) is 0 Å². The zero-order chi connectivity index (χ0) is 16.7. The van der Waals surface area contributed by atoms with Gasteiger partial charge in [-0.15, -0.1) is 0 Å². The van der Waals surface area contributed by atoms with Crippen LogP contribution in [-0.4, -0.2) is 19.2 Å². The first kappa shape index (κ1) is 16.4. The van der Waals surface area contributed by atoms with Gasteiger partial charge < -0.3 is 4.74 Å². The number of hydrogen-bond acceptors (Lipinski definition) is 2. The maximum atomic E-state index is 10.7. The molecule has 0 aliphatic carbocycles. The molecule has 2 nitrogen and oxygen atoms in total. The highest BCUT2D eigenvalue weighted by molar-refractivity contribution is 7.95. The van der Waals surface area contributed by atoms with E-state index in [4.69, 9.17) is 4.74 Å². The second-order valence-corrected chi connectivity index (χ2v) is 9.12. The van der Waals surface area contributed by atoms with E-state index in [2.05, 4.69) is 72.8 Å². The van der Waals surface area contributed by atoms with Gasteiger partial charge in [0.1, 0.15) is 35.9 Å². The molecule has 3 aromatic carbocycles. The molecular weight excluding hydrogens is 315 g/mol. The summed E-state index contributed by atoms with van der Waals surface area (Å²) in [5.41, 5.74) is 0. The van der Waals surface area contributed by atoms with Crippen LogP contribution in [0, 0.1) is 0 Å². The highest BCUT2D eigenvalue weighted by Gasteiger charge is 2.44. The van der Waals surface area contributed by atoms with Crippen LogP contribution >= 0.6 is 7.26 Å². The molecular formula is C21H20O2P+. The molecule has 24 heavy (non-hydrogen) atoms. The molecule has 0 spiro atoms. The zero-order valence-electron chi connectivity index (χ0n) is 13.4. The van der Waals surface area contributed by atoms with Gasteiger partial charge in [0.05, 0.1) is 0 Å². The molecule has 0 unspecified atom stereocenters. The second-order valence-electron chi connectivity index (χ2n) is 5.51. The molecule has 0 bridgehead atoms. The highest BCUT2D eigenvalue weighted by Crippen LogP contribution is 2.54. The fourth-order valence-electron chi connectivity index (χ4n) is 3.12. The molecule has 0 fully saturated rings.